The third-order valence-corrected chi connectivity index (χ3v) is 5.71. The smallest absolute Gasteiger partial charge is 0.243 e. The van der Waals surface area contributed by atoms with Gasteiger partial charge in [-0.1, -0.05) is 18.5 Å². The minimum Gasteiger partial charge on any atom is -0.316 e. The highest BCUT2D eigenvalue weighted by Gasteiger charge is 2.26. The SMILES string of the molecule is CCC(C)N(C)S(=O)(=O)c1cc(F)c(Cl)c(CNC)c1. The van der Waals surface area contributed by atoms with Crippen LogP contribution in [0.15, 0.2) is 17.0 Å². The van der Waals surface area contributed by atoms with E-state index in [-0.39, 0.29) is 16.0 Å². The Morgan fingerprint density at radius 1 is 1.45 bits per heavy atom. The molecule has 114 valence electrons. The van der Waals surface area contributed by atoms with E-state index in [9.17, 15) is 12.8 Å². The molecular formula is C13H20ClFN2O2S. The summed E-state index contributed by atoms with van der Waals surface area (Å²) in [5, 5.41) is 2.78. The molecule has 0 aliphatic carbocycles. The van der Waals surface area contributed by atoms with Crippen molar-refractivity contribution >= 4 is 21.6 Å². The van der Waals surface area contributed by atoms with Crippen LogP contribution < -0.4 is 5.32 Å². The Bertz CT molecular complexity index is 578. The maximum absolute atomic E-state index is 13.8. The summed E-state index contributed by atoms with van der Waals surface area (Å²) in [6, 6.07) is 2.22. The Kier molecular flexibility index (Phi) is 5.94. The lowest BCUT2D eigenvalue weighted by Crippen LogP contribution is -2.34. The molecule has 0 spiro atoms. The van der Waals surface area contributed by atoms with Crippen molar-refractivity contribution in [2.24, 2.45) is 0 Å². The van der Waals surface area contributed by atoms with Crippen LogP contribution in [-0.4, -0.2) is 32.9 Å². The summed E-state index contributed by atoms with van der Waals surface area (Å²) < 4.78 is 39.9. The van der Waals surface area contributed by atoms with Gasteiger partial charge < -0.3 is 5.32 Å². The highest BCUT2D eigenvalue weighted by Crippen LogP contribution is 2.26. The standard InChI is InChI=1S/C13H20ClFN2O2S/c1-5-9(2)17(4)20(18,19)11-6-10(8-16-3)13(14)12(15)7-11/h6-7,9,16H,5,8H2,1-4H3. The molecule has 1 N–H and O–H groups in total. The van der Waals surface area contributed by atoms with Crippen molar-refractivity contribution in [3.63, 3.8) is 0 Å². The van der Waals surface area contributed by atoms with Gasteiger partial charge in [-0.2, -0.15) is 4.31 Å². The number of hydrogen-bond acceptors (Lipinski definition) is 3. The number of benzene rings is 1. The molecule has 0 saturated carbocycles. The number of rotatable bonds is 6. The van der Waals surface area contributed by atoms with E-state index < -0.39 is 15.8 Å². The second-order valence-corrected chi connectivity index (χ2v) is 7.06. The second-order valence-electron chi connectivity index (χ2n) is 4.69. The zero-order valence-electron chi connectivity index (χ0n) is 12.1. The third-order valence-electron chi connectivity index (χ3n) is 3.33. The van der Waals surface area contributed by atoms with Crippen LogP contribution in [0.3, 0.4) is 0 Å². The van der Waals surface area contributed by atoms with Gasteiger partial charge in [-0.25, -0.2) is 12.8 Å². The Labute approximate surface area is 125 Å². The first-order valence-corrected chi connectivity index (χ1v) is 8.18. The molecule has 1 atom stereocenters. The molecule has 0 fully saturated rings. The number of sulfonamides is 1. The summed E-state index contributed by atoms with van der Waals surface area (Å²) in [5.74, 6) is -0.726. The average molecular weight is 323 g/mol. The van der Waals surface area contributed by atoms with Crippen molar-refractivity contribution in [2.75, 3.05) is 14.1 Å². The molecule has 0 bridgehead atoms. The molecule has 7 heteroatoms. The molecule has 0 aliphatic heterocycles. The van der Waals surface area contributed by atoms with Gasteiger partial charge in [0.2, 0.25) is 10.0 Å². The molecule has 0 heterocycles. The lowest BCUT2D eigenvalue weighted by Gasteiger charge is -2.23. The number of hydrogen-bond donors (Lipinski definition) is 1. The van der Waals surface area contributed by atoms with Crippen molar-refractivity contribution in [2.45, 2.75) is 37.8 Å². The van der Waals surface area contributed by atoms with Gasteiger partial charge in [0.25, 0.3) is 0 Å². The fraction of sp³-hybridized carbons (Fsp3) is 0.538. The fourth-order valence-corrected chi connectivity index (χ4v) is 3.42. The topological polar surface area (TPSA) is 49.4 Å². The van der Waals surface area contributed by atoms with Gasteiger partial charge in [0.05, 0.1) is 9.92 Å². The first-order valence-electron chi connectivity index (χ1n) is 6.36. The monoisotopic (exact) mass is 322 g/mol. The summed E-state index contributed by atoms with van der Waals surface area (Å²) in [7, 11) is -0.548. The summed E-state index contributed by atoms with van der Waals surface area (Å²) in [5.41, 5.74) is 0.422. The van der Waals surface area contributed by atoms with Gasteiger partial charge in [-0.3, -0.25) is 0 Å². The van der Waals surface area contributed by atoms with Crippen LogP contribution in [0.5, 0.6) is 0 Å². The first kappa shape index (κ1) is 17.4. The van der Waals surface area contributed by atoms with Crippen LogP contribution in [-0.2, 0) is 16.6 Å². The summed E-state index contributed by atoms with van der Waals surface area (Å²) >= 11 is 5.84. The molecule has 1 unspecified atom stereocenters. The number of halogens is 2. The van der Waals surface area contributed by atoms with Gasteiger partial charge in [0, 0.05) is 19.6 Å². The molecule has 0 amide bonds. The van der Waals surface area contributed by atoms with Crippen LogP contribution in [0, 0.1) is 5.82 Å². The maximum atomic E-state index is 13.8. The highest BCUT2D eigenvalue weighted by molar-refractivity contribution is 7.89. The molecule has 0 aliphatic rings. The first-order chi connectivity index (χ1) is 9.25. The van der Waals surface area contributed by atoms with E-state index in [4.69, 9.17) is 11.6 Å². The van der Waals surface area contributed by atoms with Crippen molar-refractivity contribution in [3.8, 4) is 0 Å². The van der Waals surface area contributed by atoms with E-state index in [1.165, 1.54) is 17.4 Å². The van der Waals surface area contributed by atoms with Crippen molar-refractivity contribution in [1.82, 2.24) is 9.62 Å². The predicted octanol–water partition coefficient (Wildman–Crippen LogP) is 2.62. The second kappa shape index (κ2) is 6.85. The molecule has 1 aromatic carbocycles. The fourth-order valence-electron chi connectivity index (χ4n) is 1.75. The van der Waals surface area contributed by atoms with E-state index in [0.29, 0.717) is 18.5 Å². The Hall–Kier alpha value is -0.690. The van der Waals surface area contributed by atoms with E-state index in [2.05, 4.69) is 5.32 Å². The van der Waals surface area contributed by atoms with Crippen molar-refractivity contribution < 1.29 is 12.8 Å². The van der Waals surface area contributed by atoms with E-state index in [1.807, 2.05) is 6.92 Å². The highest BCUT2D eigenvalue weighted by atomic mass is 35.5. The molecule has 1 rings (SSSR count). The van der Waals surface area contributed by atoms with Gasteiger partial charge in [0.1, 0.15) is 5.82 Å². The van der Waals surface area contributed by atoms with Crippen LogP contribution in [0.25, 0.3) is 0 Å². The Morgan fingerprint density at radius 3 is 2.55 bits per heavy atom. The van der Waals surface area contributed by atoms with E-state index >= 15 is 0 Å². The normalized spacial score (nSPS) is 13.8. The minimum absolute atomic E-state index is 0.0514. The predicted molar refractivity (Wildman–Crippen MR) is 78.9 cm³/mol. The lowest BCUT2D eigenvalue weighted by molar-refractivity contribution is 0.380. The molecule has 0 aromatic heterocycles. The van der Waals surface area contributed by atoms with Crippen LogP contribution in [0.4, 0.5) is 4.39 Å². The molecule has 1 aromatic rings. The van der Waals surface area contributed by atoms with Gasteiger partial charge in [-0.15, -0.1) is 0 Å². The third kappa shape index (κ3) is 3.49. The van der Waals surface area contributed by atoms with Gasteiger partial charge in [-0.05, 0) is 38.1 Å². The number of nitrogens with one attached hydrogen (secondary N) is 1. The Morgan fingerprint density at radius 2 is 2.05 bits per heavy atom. The molecular weight excluding hydrogens is 303 g/mol. The zero-order chi connectivity index (χ0) is 15.5. The van der Waals surface area contributed by atoms with Crippen LogP contribution in [0.2, 0.25) is 5.02 Å². The summed E-state index contributed by atoms with van der Waals surface area (Å²) in [6.07, 6.45) is 0.676. The quantitative estimate of drug-likeness (QED) is 0.876. The maximum Gasteiger partial charge on any atom is 0.243 e. The largest absolute Gasteiger partial charge is 0.316 e. The van der Waals surface area contributed by atoms with Crippen LogP contribution >= 0.6 is 11.6 Å². The summed E-state index contributed by atoms with van der Waals surface area (Å²) in [6.45, 7) is 4.00. The molecule has 0 radical (unpaired) electrons. The molecule has 4 nitrogen and oxygen atoms in total. The van der Waals surface area contributed by atoms with Crippen molar-refractivity contribution in [3.05, 3.63) is 28.5 Å². The average Bonchev–Trinajstić information content (AvgIpc) is 2.41. The van der Waals surface area contributed by atoms with Crippen molar-refractivity contribution in [1.29, 1.82) is 0 Å². The zero-order valence-corrected chi connectivity index (χ0v) is 13.6. The minimum atomic E-state index is -3.72. The summed E-state index contributed by atoms with van der Waals surface area (Å²) in [4.78, 5) is -0.0764. The van der Waals surface area contributed by atoms with Crippen LogP contribution in [0.1, 0.15) is 25.8 Å². The van der Waals surface area contributed by atoms with Gasteiger partial charge in [0.15, 0.2) is 0 Å². The molecule has 0 saturated heterocycles. The Balaban J connectivity index is 3.32. The van der Waals surface area contributed by atoms with E-state index in [1.54, 1.807) is 14.0 Å². The lowest BCUT2D eigenvalue weighted by atomic mass is 10.2. The van der Waals surface area contributed by atoms with E-state index in [0.717, 1.165) is 6.07 Å². The molecule has 20 heavy (non-hydrogen) atoms. The van der Waals surface area contributed by atoms with Gasteiger partial charge >= 0.3 is 0 Å². The number of nitrogens with zero attached hydrogens (tertiary/aromatic N) is 1.